The average molecular weight is 312 g/mol. The van der Waals surface area contributed by atoms with Gasteiger partial charge in [0, 0.05) is 31.9 Å². The van der Waals surface area contributed by atoms with Gasteiger partial charge in [0.2, 0.25) is 5.91 Å². The number of aryl methyl sites for hydroxylation is 2. The molecule has 2 aromatic rings. The van der Waals surface area contributed by atoms with E-state index in [-0.39, 0.29) is 5.91 Å². The number of ether oxygens (including phenoxy) is 1. The molecule has 4 heteroatoms. The molecule has 23 heavy (non-hydrogen) atoms. The van der Waals surface area contributed by atoms with Crippen LogP contribution in [0, 0.1) is 13.8 Å². The molecule has 0 radical (unpaired) electrons. The van der Waals surface area contributed by atoms with Gasteiger partial charge in [0.25, 0.3) is 0 Å². The van der Waals surface area contributed by atoms with Crippen LogP contribution in [0.2, 0.25) is 0 Å². The molecule has 0 fully saturated rings. The number of carbonyl (C=O) groups is 1. The SMILES string of the molecule is Cc1ccc(OCCC(=O)N(C)CCc2ccccn2)c(C)c1. The van der Waals surface area contributed by atoms with Gasteiger partial charge in [-0.2, -0.15) is 0 Å². The van der Waals surface area contributed by atoms with Gasteiger partial charge in [-0.1, -0.05) is 23.8 Å². The molecule has 0 atom stereocenters. The maximum Gasteiger partial charge on any atom is 0.225 e. The van der Waals surface area contributed by atoms with Gasteiger partial charge in [0.05, 0.1) is 13.0 Å². The highest BCUT2D eigenvalue weighted by atomic mass is 16.5. The summed E-state index contributed by atoms with van der Waals surface area (Å²) in [6.45, 7) is 5.13. The lowest BCUT2D eigenvalue weighted by Crippen LogP contribution is -2.30. The van der Waals surface area contributed by atoms with Crippen LogP contribution in [0.5, 0.6) is 5.75 Å². The Bertz CT molecular complexity index is 641. The number of nitrogens with zero attached hydrogens (tertiary/aromatic N) is 2. The quantitative estimate of drug-likeness (QED) is 0.788. The molecule has 0 saturated carbocycles. The predicted octanol–water partition coefficient (Wildman–Crippen LogP) is 3.17. The minimum atomic E-state index is 0.0886. The average Bonchev–Trinajstić information content (AvgIpc) is 2.55. The zero-order chi connectivity index (χ0) is 16.7. The second-order valence-electron chi connectivity index (χ2n) is 5.75. The maximum absolute atomic E-state index is 12.1. The Morgan fingerprint density at radius 3 is 2.74 bits per heavy atom. The summed E-state index contributed by atoms with van der Waals surface area (Å²) in [5, 5.41) is 0. The van der Waals surface area contributed by atoms with Crippen LogP contribution in [-0.2, 0) is 11.2 Å². The van der Waals surface area contributed by atoms with Crippen molar-refractivity contribution in [3.8, 4) is 5.75 Å². The van der Waals surface area contributed by atoms with Gasteiger partial charge in [-0.05, 0) is 37.6 Å². The van der Waals surface area contributed by atoms with E-state index >= 15 is 0 Å². The lowest BCUT2D eigenvalue weighted by Gasteiger charge is -2.17. The van der Waals surface area contributed by atoms with Gasteiger partial charge >= 0.3 is 0 Å². The fourth-order valence-electron chi connectivity index (χ4n) is 2.35. The second kappa shape index (κ2) is 8.32. The summed E-state index contributed by atoms with van der Waals surface area (Å²) < 4.78 is 5.72. The largest absolute Gasteiger partial charge is 0.493 e. The third kappa shape index (κ3) is 5.40. The Kier molecular flexibility index (Phi) is 6.15. The van der Waals surface area contributed by atoms with E-state index in [2.05, 4.69) is 18.0 Å². The van der Waals surface area contributed by atoms with Crippen molar-refractivity contribution >= 4 is 5.91 Å². The van der Waals surface area contributed by atoms with Crippen LogP contribution in [-0.4, -0.2) is 36.0 Å². The van der Waals surface area contributed by atoms with E-state index in [1.54, 1.807) is 11.1 Å². The summed E-state index contributed by atoms with van der Waals surface area (Å²) >= 11 is 0. The topological polar surface area (TPSA) is 42.4 Å². The monoisotopic (exact) mass is 312 g/mol. The summed E-state index contributed by atoms with van der Waals surface area (Å²) in [5.41, 5.74) is 3.31. The van der Waals surface area contributed by atoms with Crippen LogP contribution < -0.4 is 4.74 Å². The molecule has 1 aromatic carbocycles. The van der Waals surface area contributed by atoms with E-state index in [4.69, 9.17) is 4.74 Å². The molecule has 0 aliphatic rings. The molecule has 0 aliphatic carbocycles. The van der Waals surface area contributed by atoms with Crippen molar-refractivity contribution in [1.82, 2.24) is 9.88 Å². The highest BCUT2D eigenvalue weighted by Crippen LogP contribution is 2.18. The summed E-state index contributed by atoms with van der Waals surface area (Å²) in [4.78, 5) is 18.1. The molecule has 0 bridgehead atoms. The van der Waals surface area contributed by atoms with Crippen LogP contribution in [0.25, 0.3) is 0 Å². The number of likely N-dealkylation sites (N-methyl/N-ethyl adjacent to an activating group) is 1. The third-order valence-electron chi connectivity index (χ3n) is 3.76. The first kappa shape index (κ1) is 17.0. The van der Waals surface area contributed by atoms with Crippen molar-refractivity contribution in [2.45, 2.75) is 26.7 Å². The normalized spacial score (nSPS) is 10.4. The minimum Gasteiger partial charge on any atom is -0.493 e. The molecule has 122 valence electrons. The first-order valence-corrected chi connectivity index (χ1v) is 7.90. The number of hydrogen-bond acceptors (Lipinski definition) is 3. The van der Waals surface area contributed by atoms with Gasteiger partial charge in [-0.15, -0.1) is 0 Å². The molecule has 0 spiro atoms. The molecular formula is C19H24N2O2. The van der Waals surface area contributed by atoms with E-state index < -0.39 is 0 Å². The maximum atomic E-state index is 12.1. The van der Waals surface area contributed by atoms with E-state index in [0.717, 1.165) is 23.4 Å². The lowest BCUT2D eigenvalue weighted by molar-refractivity contribution is -0.130. The van der Waals surface area contributed by atoms with Gasteiger partial charge in [0.15, 0.2) is 0 Å². The van der Waals surface area contributed by atoms with Crippen LogP contribution in [0.15, 0.2) is 42.6 Å². The fraction of sp³-hybridized carbons (Fsp3) is 0.368. The molecule has 0 unspecified atom stereocenters. The molecule has 4 nitrogen and oxygen atoms in total. The number of pyridine rings is 1. The number of aromatic nitrogens is 1. The Morgan fingerprint density at radius 2 is 2.04 bits per heavy atom. The summed E-state index contributed by atoms with van der Waals surface area (Å²) in [6.07, 6.45) is 2.92. The molecule has 1 aromatic heterocycles. The fourth-order valence-corrected chi connectivity index (χ4v) is 2.35. The first-order chi connectivity index (χ1) is 11.1. The van der Waals surface area contributed by atoms with Gasteiger partial charge in [-0.3, -0.25) is 9.78 Å². The van der Waals surface area contributed by atoms with Crippen molar-refractivity contribution in [3.63, 3.8) is 0 Å². The van der Waals surface area contributed by atoms with Crippen LogP contribution in [0.3, 0.4) is 0 Å². The van der Waals surface area contributed by atoms with Crippen LogP contribution >= 0.6 is 0 Å². The van der Waals surface area contributed by atoms with E-state index in [9.17, 15) is 4.79 Å². The molecule has 1 heterocycles. The smallest absolute Gasteiger partial charge is 0.225 e. The van der Waals surface area contributed by atoms with Gasteiger partial charge < -0.3 is 9.64 Å². The number of rotatable bonds is 7. The van der Waals surface area contributed by atoms with Crippen LogP contribution in [0.4, 0.5) is 0 Å². The third-order valence-corrected chi connectivity index (χ3v) is 3.76. The molecule has 0 aliphatic heterocycles. The summed E-state index contributed by atoms with van der Waals surface area (Å²) in [6, 6.07) is 11.9. The van der Waals surface area contributed by atoms with Crippen molar-refractivity contribution in [2.24, 2.45) is 0 Å². The van der Waals surface area contributed by atoms with E-state index in [0.29, 0.717) is 19.6 Å². The first-order valence-electron chi connectivity index (χ1n) is 7.90. The van der Waals surface area contributed by atoms with Crippen LogP contribution in [0.1, 0.15) is 23.2 Å². The zero-order valence-electron chi connectivity index (χ0n) is 14.1. The Morgan fingerprint density at radius 1 is 1.22 bits per heavy atom. The number of carbonyl (C=O) groups excluding carboxylic acids is 1. The Balaban J connectivity index is 1.73. The summed E-state index contributed by atoms with van der Waals surface area (Å²) in [5.74, 6) is 0.935. The highest BCUT2D eigenvalue weighted by Gasteiger charge is 2.09. The van der Waals surface area contributed by atoms with Crippen molar-refractivity contribution in [3.05, 3.63) is 59.4 Å². The zero-order valence-corrected chi connectivity index (χ0v) is 14.1. The molecule has 1 amide bonds. The molecule has 0 N–H and O–H groups in total. The second-order valence-corrected chi connectivity index (χ2v) is 5.75. The van der Waals surface area contributed by atoms with Crippen molar-refractivity contribution < 1.29 is 9.53 Å². The summed E-state index contributed by atoms with van der Waals surface area (Å²) in [7, 11) is 1.82. The van der Waals surface area contributed by atoms with Gasteiger partial charge in [-0.25, -0.2) is 0 Å². The molecule has 2 rings (SSSR count). The van der Waals surface area contributed by atoms with E-state index in [1.807, 2.05) is 44.3 Å². The lowest BCUT2D eigenvalue weighted by atomic mass is 10.1. The Hall–Kier alpha value is -2.36. The predicted molar refractivity (Wildman–Crippen MR) is 91.6 cm³/mol. The molecule has 0 saturated heterocycles. The van der Waals surface area contributed by atoms with Crippen molar-refractivity contribution in [2.75, 3.05) is 20.2 Å². The van der Waals surface area contributed by atoms with E-state index in [1.165, 1.54) is 5.56 Å². The number of amides is 1. The Labute approximate surface area is 138 Å². The molecular weight excluding hydrogens is 288 g/mol. The minimum absolute atomic E-state index is 0.0886. The highest BCUT2D eigenvalue weighted by molar-refractivity contribution is 5.76. The van der Waals surface area contributed by atoms with Crippen molar-refractivity contribution in [1.29, 1.82) is 0 Å². The number of benzene rings is 1. The number of hydrogen-bond donors (Lipinski definition) is 0. The van der Waals surface area contributed by atoms with Gasteiger partial charge in [0.1, 0.15) is 5.75 Å². The standard InChI is InChI=1S/C19H24N2O2/c1-15-7-8-18(16(2)14-15)23-13-10-19(22)21(3)12-9-17-6-4-5-11-20-17/h4-8,11,14H,9-10,12-13H2,1-3H3.